The summed E-state index contributed by atoms with van der Waals surface area (Å²) in [6, 6.07) is 36.2. The van der Waals surface area contributed by atoms with Crippen molar-refractivity contribution in [1.82, 2.24) is 15.0 Å². The normalized spacial score (nSPS) is 17.8. The molecule has 7 aromatic rings. The van der Waals surface area contributed by atoms with Crippen LogP contribution in [0.3, 0.4) is 0 Å². The smallest absolute Gasteiger partial charge is 0.216 e. The molecule has 4 nitrogen and oxygen atoms in total. The first-order valence-electron chi connectivity index (χ1n) is 18.0. The number of benzene rings is 3. The molecule has 0 fully saturated rings. The van der Waals surface area contributed by atoms with Crippen molar-refractivity contribution in [3.63, 3.8) is 0 Å². The maximum atomic E-state index is 8.66. The zero-order valence-corrected chi connectivity index (χ0v) is 25.9. The predicted molar refractivity (Wildman–Crippen MR) is 173 cm³/mol. The second-order valence-electron chi connectivity index (χ2n) is 9.82. The number of hydrogen-bond acceptors (Lipinski definition) is 4. The van der Waals surface area contributed by atoms with Crippen molar-refractivity contribution in [1.29, 1.82) is 0 Å². The third-order valence-electron chi connectivity index (χ3n) is 6.97. The Labute approximate surface area is 282 Å². The quantitative estimate of drug-likeness (QED) is 0.165. The van der Waals surface area contributed by atoms with Crippen LogP contribution in [0.4, 0.5) is 0 Å². The van der Waals surface area contributed by atoms with Crippen LogP contribution in [0.15, 0.2) is 120 Å². The molecule has 0 saturated carbocycles. The van der Waals surface area contributed by atoms with Crippen LogP contribution in [0.25, 0.3) is 44.6 Å². The van der Waals surface area contributed by atoms with Crippen LogP contribution in [0.1, 0.15) is 46.2 Å². The molecule has 0 unspecified atom stereocenters. The summed E-state index contributed by atoms with van der Waals surface area (Å²) in [7, 11) is 0. The Morgan fingerprint density at radius 2 is 1.59 bits per heavy atom. The fourth-order valence-corrected chi connectivity index (χ4v) is 4.89. The summed E-state index contributed by atoms with van der Waals surface area (Å²) >= 11 is 0. The molecule has 0 bridgehead atoms. The van der Waals surface area contributed by atoms with Gasteiger partial charge in [-0.25, -0.2) is 4.98 Å². The predicted octanol–water partition coefficient (Wildman–Crippen LogP) is 9.05. The molecule has 1 aliphatic carbocycles. The van der Waals surface area contributed by atoms with Crippen LogP contribution >= 0.6 is 0 Å². The summed E-state index contributed by atoms with van der Waals surface area (Å²) in [6.45, 7) is 0. The summed E-state index contributed by atoms with van der Waals surface area (Å²) in [5, 5.41) is 1.27. The Kier molecular flexibility index (Phi) is 6.73. The first kappa shape index (κ1) is 21.3. The molecule has 5 heteroatoms. The Hall–Kier alpha value is -4.44. The molecule has 0 saturated heterocycles. The van der Waals surface area contributed by atoms with Crippen LogP contribution < -0.4 is 0 Å². The van der Waals surface area contributed by atoms with Gasteiger partial charge in [0.25, 0.3) is 0 Å². The van der Waals surface area contributed by atoms with E-state index in [1.54, 1.807) is 60.8 Å². The van der Waals surface area contributed by atoms with E-state index in [4.69, 9.17) is 15.4 Å². The minimum absolute atomic E-state index is 0. The van der Waals surface area contributed by atoms with Crippen LogP contribution in [-0.4, -0.2) is 15.0 Å². The SMILES string of the molecule is [2H]C1([2H])CCC([2H])([2H])c2cc(-c3[c-]ccc4c3oc3nc(C([2H])([2H])C([2H])([2H])c5ccccc5)ccc34)ncc21.[Ir].[c-]1ccccc1-c1ccccn1. The standard InChI is InChI=1S/C28H23N2O.C11H8N.Ir/c1-2-7-19(8-3-1)13-14-22-15-16-24-23-11-6-12-25(27(23)31-28(24)30-22)26-17-20-9-4-5-10-21(20)18-29-26;1-2-6-10(7-3-1)11-8-4-5-9-12-11;/h1-3,6-8,11,15-18H,4-5,9-10,13-14H2;1-6,8-9H;/q2*-1;/i9D2,10D2,13D2,14D2;;. The number of rotatable bonds is 5. The van der Waals surface area contributed by atoms with Gasteiger partial charge < -0.3 is 14.4 Å². The van der Waals surface area contributed by atoms with E-state index >= 15 is 0 Å². The maximum Gasteiger partial charge on any atom is 0.216 e. The summed E-state index contributed by atoms with van der Waals surface area (Å²) in [5.41, 5.74) is 3.89. The third kappa shape index (κ3) is 6.55. The Morgan fingerprint density at radius 1 is 0.750 bits per heavy atom. The van der Waals surface area contributed by atoms with Gasteiger partial charge in [-0.2, -0.15) is 0 Å². The molecular formula is C39H31IrN3O-2. The molecule has 219 valence electrons. The van der Waals surface area contributed by atoms with Gasteiger partial charge in [-0.15, -0.1) is 54.1 Å². The van der Waals surface area contributed by atoms with E-state index in [2.05, 4.69) is 27.1 Å². The van der Waals surface area contributed by atoms with Crippen molar-refractivity contribution >= 4 is 22.1 Å². The van der Waals surface area contributed by atoms with Crippen LogP contribution in [0.5, 0.6) is 0 Å². The number of aromatic nitrogens is 3. The van der Waals surface area contributed by atoms with Crippen molar-refractivity contribution in [2.24, 2.45) is 0 Å². The fourth-order valence-electron chi connectivity index (χ4n) is 4.89. The molecule has 0 N–H and O–H groups in total. The molecule has 1 aliphatic rings. The molecule has 4 aromatic heterocycles. The van der Waals surface area contributed by atoms with Gasteiger partial charge in [0.05, 0.1) is 5.58 Å². The van der Waals surface area contributed by atoms with Crippen molar-refractivity contribution in [3.05, 3.63) is 150 Å². The zero-order valence-electron chi connectivity index (χ0n) is 31.5. The average molecular weight is 758 g/mol. The van der Waals surface area contributed by atoms with E-state index in [0.29, 0.717) is 27.6 Å². The minimum atomic E-state index is -2.47. The summed E-state index contributed by atoms with van der Waals surface area (Å²) < 4.78 is 74.0. The largest absolute Gasteiger partial charge is 0.486 e. The van der Waals surface area contributed by atoms with Gasteiger partial charge in [-0.05, 0) is 79.0 Å². The second-order valence-corrected chi connectivity index (χ2v) is 9.82. The Bertz CT molecular complexity index is 2300. The molecule has 3 aromatic carbocycles. The van der Waals surface area contributed by atoms with Gasteiger partial charge in [0.15, 0.2) is 0 Å². The molecular weight excluding hydrogens is 719 g/mol. The third-order valence-corrected chi connectivity index (χ3v) is 6.97. The van der Waals surface area contributed by atoms with Crippen molar-refractivity contribution in [3.8, 4) is 22.5 Å². The van der Waals surface area contributed by atoms with E-state index in [-0.39, 0.29) is 61.0 Å². The molecule has 8 rings (SSSR count). The van der Waals surface area contributed by atoms with Gasteiger partial charge in [-0.1, -0.05) is 65.0 Å². The van der Waals surface area contributed by atoms with E-state index in [1.165, 1.54) is 12.3 Å². The zero-order chi connectivity index (χ0) is 36.0. The molecule has 0 aliphatic heterocycles. The first-order chi connectivity index (χ1) is 24.3. The summed E-state index contributed by atoms with van der Waals surface area (Å²) in [4.78, 5) is 13.1. The topological polar surface area (TPSA) is 51.8 Å². The molecule has 4 heterocycles. The number of furan rings is 1. The number of hydrogen-bond donors (Lipinski definition) is 0. The van der Waals surface area contributed by atoms with Crippen LogP contribution in [0.2, 0.25) is 0 Å². The minimum Gasteiger partial charge on any atom is -0.486 e. The molecule has 0 amide bonds. The molecule has 0 atom stereocenters. The Morgan fingerprint density at radius 3 is 2.41 bits per heavy atom. The first-order valence-corrected chi connectivity index (χ1v) is 14.0. The van der Waals surface area contributed by atoms with E-state index in [1.807, 2.05) is 42.5 Å². The van der Waals surface area contributed by atoms with E-state index < -0.39 is 25.5 Å². The van der Waals surface area contributed by atoms with Crippen LogP contribution in [0, 0.1) is 12.1 Å². The Balaban J connectivity index is 0.000000302. The van der Waals surface area contributed by atoms with Crippen LogP contribution in [-0.2, 0) is 45.6 Å². The van der Waals surface area contributed by atoms with E-state index in [0.717, 1.165) is 11.3 Å². The fraction of sp³-hybridized carbons (Fsp3) is 0.154. The maximum absolute atomic E-state index is 8.66. The number of aryl methyl sites for hydroxylation is 4. The van der Waals surface area contributed by atoms with Gasteiger partial charge in [-0.3, -0.25) is 0 Å². The monoisotopic (exact) mass is 758 g/mol. The van der Waals surface area contributed by atoms with Gasteiger partial charge in [0, 0.05) is 54.5 Å². The number of pyridine rings is 3. The molecule has 0 spiro atoms. The van der Waals surface area contributed by atoms with Crippen molar-refractivity contribution in [2.75, 3.05) is 0 Å². The number of fused-ring (bicyclic) bond motifs is 4. The summed E-state index contributed by atoms with van der Waals surface area (Å²) in [6.07, 6.45) is -4.92. The number of nitrogens with zero attached hydrogens (tertiary/aromatic N) is 3. The van der Waals surface area contributed by atoms with E-state index in [9.17, 15) is 0 Å². The molecule has 44 heavy (non-hydrogen) atoms. The average Bonchev–Trinajstić information content (AvgIpc) is 3.53. The second kappa shape index (κ2) is 13.9. The van der Waals surface area contributed by atoms with Gasteiger partial charge in [0.1, 0.15) is 0 Å². The van der Waals surface area contributed by atoms with Crippen molar-refractivity contribution in [2.45, 2.75) is 38.3 Å². The molecule has 1 radical (unpaired) electrons. The van der Waals surface area contributed by atoms with Gasteiger partial charge in [0.2, 0.25) is 5.71 Å². The van der Waals surface area contributed by atoms with Gasteiger partial charge >= 0.3 is 0 Å². The van der Waals surface area contributed by atoms with Crippen molar-refractivity contribution < 1.29 is 35.5 Å². The summed E-state index contributed by atoms with van der Waals surface area (Å²) in [5.74, 6) is 0.